The Morgan fingerprint density at radius 1 is 0.537 bits per heavy atom. The van der Waals surface area contributed by atoms with Gasteiger partial charge in [-0.3, -0.25) is 4.79 Å². The lowest BCUT2D eigenvalue weighted by Gasteiger charge is -2.28. The van der Waals surface area contributed by atoms with Gasteiger partial charge < -0.3 is 14.9 Å². The number of carbonyl (C=O) groups is 1. The van der Waals surface area contributed by atoms with Crippen LogP contribution in [0.5, 0.6) is 11.5 Å². The highest BCUT2D eigenvalue weighted by molar-refractivity contribution is 5.69. The second kappa shape index (κ2) is 25.6. The number of esters is 1. The quantitative estimate of drug-likeness (QED) is 0.0877. The average molecular weight is 751 g/mol. The predicted molar refractivity (Wildman–Crippen MR) is 234 cm³/mol. The number of ether oxygens (including phenoxy) is 1. The molecule has 0 spiro atoms. The third-order valence-electron chi connectivity index (χ3n) is 10.7. The van der Waals surface area contributed by atoms with Crippen LogP contribution < -0.4 is 0 Å². The van der Waals surface area contributed by atoms with Gasteiger partial charge in [-0.15, -0.1) is 0 Å². The van der Waals surface area contributed by atoms with Crippen molar-refractivity contribution in [2.45, 2.75) is 234 Å². The maximum atomic E-state index is 12.3. The second-order valence-corrected chi connectivity index (χ2v) is 19.2. The molecule has 0 aliphatic heterocycles. The maximum Gasteiger partial charge on any atom is 0.306 e. The molecule has 310 valence electrons. The first-order valence-corrected chi connectivity index (χ1v) is 22.2. The van der Waals surface area contributed by atoms with E-state index in [9.17, 15) is 15.0 Å². The number of phenols is 2. The Morgan fingerprint density at radius 2 is 0.944 bits per heavy atom. The number of carbonyl (C=O) groups excluding carboxylic acids is 1. The number of unbranched alkanes of at least 4 members (excludes halogenated alkanes) is 16. The van der Waals surface area contributed by atoms with E-state index < -0.39 is 0 Å². The van der Waals surface area contributed by atoms with Gasteiger partial charge in [0.05, 0.1) is 6.61 Å². The van der Waals surface area contributed by atoms with E-state index in [0.717, 1.165) is 41.5 Å². The fourth-order valence-corrected chi connectivity index (χ4v) is 7.11. The first-order chi connectivity index (χ1) is 25.3. The molecule has 0 heterocycles. The lowest BCUT2D eigenvalue weighted by Crippen LogP contribution is -2.18. The zero-order valence-electron chi connectivity index (χ0n) is 37.6. The van der Waals surface area contributed by atoms with Crippen LogP contribution >= 0.6 is 0 Å². The Kier molecular flexibility index (Phi) is 23.5. The lowest BCUT2D eigenvalue weighted by molar-refractivity contribution is -0.143. The third-order valence-corrected chi connectivity index (χ3v) is 10.7. The molecule has 0 fully saturated rings. The highest BCUT2D eigenvalue weighted by Crippen LogP contribution is 2.40. The van der Waals surface area contributed by atoms with Crippen LogP contribution in [0.1, 0.15) is 232 Å². The Morgan fingerprint density at radius 3 is 1.35 bits per heavy atom. The van der Waals surface area contributed by atoms with E-state index in [0.29, 0.717) is 30.9 Å². The largest absolute Gasteiger partial charge is 0.508 e. The maximum absolute atomic E-state index is 12.3. The summed E-state index contributed by atoms with van der Waals surface area (Å²) in [7, 11) is 0. The van der Waals surface area contributed by atoms with E-state index >= 15 is 0 Å². The van der Waals surface area contributed by atoms with Crippen LogP contribution in [0, 0.1) is 6.92 Å². The topological polar surface area (TPSA) is 66.8 Å². The van der Waals surface area contributed by atoms with E-state index in [-0.39, 0.29) is 22.2 Å². The van der Waals surface area contributed by atoms with Crippen molar-refractivity contribution >= 4 is 5.97 Å². The summed E-state index contributed by atoms with van der Waals surface area (Å²) in [5.74, 6) is 0.707. The Hall–Kier alpha value is -2.49. The van der Waals surface area contributed by atoms with Crippen LogP contribution in [0.3, 0.4) is 0 Å². The number of hydrogen-bond acceptors (Lipinski definition) is 4. The van der Waals surface area contributed by atoms with Gasteiger partial charge in [0.1, 0.15) is 11.5 Å². The minimum Gasteiger partial charge on any atom is -0.508 e. The van der Waals surface area contributed by atoms with Crippen LogP contribution in [0.2, 0.25) is 0 Å². The monoisotopic (exact) mass is 751 g/mol. The normalized spacial score (nSPS) is 12.1. The van der Waals surface area contributed by atoms with Crippen molar-refractivity contribution in [1.82, 2.24) is 0 Å². The molecule has 0 unspecified atom stereocenters. The van der Waals surface area contributed by atoms with Crippen LogP contribution in [0.15, 0.2) is 24.3 Å². The Labute approximate surface area is 334 Å². The van der Waals surface area contributed by atoms with E-state index in [2.05, 4.69) is 101 Å². The van der Waals surface area contributed by atoms with Gasteiger partial charge in [0.25, 0.3) is 0 Å². The molecule has 2 N–H and O–H groups in total. The van der Waals surface area contributed by atoms with Crippen molar-refractivity contribution in [3.05, 3.63) is 57.6 Å². The summed E-state index contributed by atoms with van der Waals surface area (Å²) in [5.41, 5.74) is 6.33. The SMILES string of the molecule is CCCCCCCCCCCCCCCCCCOC(=O)CCc1cc(C(C)(C)C)c(O)c(C(C)(C)C)c1.CCCCc1cc(C(C)(C)C)c(O)cc1C. The van der Waals surface area contributed by atoms with E-state index in [4.69, 9.17) is 4.74 Å². The zero-order chi connectivity index (χ0) is 40.8. The molecular formula is C50H86O4. The third kappa shape index (κ3) is 20.4. The van der Waals surface area contributed by atoms with Crippen LogP contribution in [0.4, 0.5) is 0 Å². The first kappa shape index (κ1) is 49.5. The van der Waals surface area contributed by atoms with Gasteiger partial charge in [-0.25, -0.2) is 0 Å². The van der Waals surface area contributed by atoms with Gasteiger partial charge in [-0.1, -0.05) is 197 Å². The summed E-state index contributed by atoms with van der Waals surface area (Å²) < 4.78 is 5.51. The molecule has 54 heavy (non-hydrogen) atoms. The molecular weight excluding hydrogens is 665 g/mol. The van der Waals surface area contributed by atoms with Gasteiger partial charge in [0.2, 0.25) is 0 Å². The smallest absolute Gasteiger partial charge is 0.306 e. The molecule has 0 saturated heterocycles. The van der Waals surface area contributed by atoms with Crippen molar-refractivity contribution in [2.24, 2.45) is 0 Å². The molecule has 2 aromatic rings. The highest BCUT2D eigenvalue weighted by Gasteiger charge is 2.26. The second-order valence-electron chi connectivity index (χ2n) is 19.2. The average Bonchev–Trinajstić information content (AvgIpc) is 3.07. The number of benzene rings is 2. The summed E-state index contributed by atoms with van der Waals surface area (Å²) in [5, 5.41) is 20.9. The van der Waals surface area contributed by atoms with Crippen molar-refractivity contribution in [3.63, 3.8) is 0 Å². The number of aromatic hydroxyl groups is 2. The molecule has 0 radical (unpaired) electrons. The molecule has 0 amide bonds. The predicted octanol–water partition coefficient (Wildman–Crippen LogP) is 15.1. The standard InChI is InChI=1S/C35H62O3.C15H24O/c1-8-9-10-11-12-13-14-15-16-17-18-19-20-21-22-23-26-38-32(36)25-24-29-27-30(34(2,3)4)33(37)31(28-29)35(5,6)7;1-6-7-8-12-10-13(15(3,4)5)14(16)9-11(12)2/h27-28,37H,8-26H2,1-7H3;9-10,16H,6-8H2,1-5H3. The summed E-state index contributed by atoms with van der Waals surface area (Å²) in [6, 6.07) is 8.22. The number of aryl methyl sites for hydroxylation is 3. The molecule has 0 saturated carbocycles. The molecule has 4 heteroatoms. The number of rotatable bonds is 23. The van der Waals surface area contributed by atoms with E-state index in [1.165, 1.54) is 114 Å². The summed E-state index contributed by atoms with van der Waals surface area (Å²) in [6.07, 6.45) is 26.1. The Bertz CT molecular complexity index is 1280. The zero-order valence-corrected chi connectivity index (χ0v) is 37.6. The lowest BCUT2D eigenvalue weighted by atomic mass is 9.78. The van der Waals surface area contributed by atoms with E-state index in [1.807, 2.05) is 6.07 Å². The van der Waals surface area contributed by atoms with Crippen molar-refractivity contribution in [1.29, 1.82) is 0 Å². The molecule has 0 aliphatic carbocycles. The van der Waals surface area contributed by atoms with Crippen molar-refractivity contribution in [2.75, 3.05) is 6.61 Å². The van der Waals surface area contributed by atoms with E-state index in [1.54, 1.807) is 0 Å². The van der Waals surface area contributed by atoms with Crippen LogP contribution in [0.25, 0.3) is 0 Å². The van der Waals surface area contributed by atoms with Gasteiger partial charge in [-0.05, 0) is 88.3 Å². The Balaban J connectivity index is 0.000000755. The summed E-state index contributed by atoms with van der Waals surface area (Å²) >= 11 is 0. The summed E-state index contributed by atoms with van der Waals surface area (Å²) in [6.45, 7) is 26.2. The van der Waals surface area contributed by atoms with Crippen molar-refractivity contribution < 1.29 is 19.7 Å². The fraction of sp³-hybridized carbons (Fsp3) is 0.740. The van der Waals surface area contributed by atoms with Gasteiger partial charge in [0.15, 0.2) is 0 Å². The van der Waals surface area contributed by atoms with Crippen LogP contribution in [-0.2, 0) is 38.6 Å². The van der Waals surface area contributed by atoms with Gasteiger partial charge >= 0.3 is 5.97 Å². The molecule has 4 nitrogen and oxygen atoms in total. The van der Waals surface area contributed by atoms with Crippen molar-refractivity contribution in [3.8, 4) is 11.5 Å². The van der Waals surface area contributed by atoms with Gasteiger partial charge in [-0.2, -0.15) is 0 Å². The molecule has 0 aromatic heterocycles. The fourth-order valence-electron chi connectivity index (χ4n) is 7.11. The molecule has 0 atom stereocenters. The highest BCUT2D eigenvalue weighted by atomic mass is 16.5. The first-order valence-electron chi connectivity index (χ1n) is 22.2. The molecule has 0 bridgehead atoms. The molecule has 2 rings (SSSR count). The van der Waals surface area contributed by atoms with Crippen LogP contribution in [-0.4, -0.2) is 22.8 Å². The molecule has 2 aromatic carbocycles. The number of hydrogen-bond donors (Lipinski definition) is 2. The van der Waals surface area contributed by atoms with Gasteiger partial charge in [0, 0.05) is 6.42 Å². The number of phenolic OH excluding ortho intramolecular Hbond substituents is 2. The molecule has 0 aliphatic rings. The minimum absolute atomic E-state index is 0.0126. The minimum atomic E-state index is -0.159. The summed E-state index contributed by atoms with van der Waals surface area (Å²) in [4.78, 5) is 12.3.